The summed E-state index contributed by atoms with van der Waals surface area (Å²) in [6, 6.07) is -0.496. The molecule has 202 valence electrons. The lowest BCUT2D eigenvalue weighted by molar-refractivity contribution is -0.119. The van der Waals surface area contributed by atoms with Gasteiger partial charge in [-0.1, -0.05) is 12.1 Å². The minimum absolute atomic E-state index is 0.0288. The molecular weight excluding hydrogens is 500 g/mol. The number of aromatic nitrogens is 5. The second kappa shape index (κ2) is 10.5. The maximum atomic E-state index is 15.5. The van der Waals surface area contributed by atoms with Gasteiger partial charge in [0.15, 0.2) is 5.69 Å². The van der Waals surface area contributed by atoms with Crippen molar-refractivity contribution < 1.29 is 27.7 Å². The van der Waals surface area contributed by atoms with Crippen molar-refractivity contribution in [3.63, 3.8) is 0 Å². The lowest BCUT2D eigenvalue weighted by atomic mass is 9.88. The van der Waals surface area contributed by atoms with E-state index in [1.54, 1.807) is 6.92 Å². The summed E-state index contributed by atoms with van der Waals surface area (Å²) in [5.74, 6) is -1.88. The van der Waals surface area contributed by atoms with Crippen molar-refractivity contribution in [2.75, 3.05) is 12.4 Å². The topological polar surface area (TPSA) is 137 Å². The third-order valence-electron chi connectivity index (χ3n) is 7.24. The highest BCUT2D eigenvalue weighted by molar-refractivity contribution is 6.01. The van der Waals surface area contributed by atoms with Gasteiger partial charge in [-0.05, 0) is 68.0 Å². The Balaban J connectivity index is 1.39. The fourth-order valence-electron chi connectivity index (χ4n) is 5.00. The monoisotopic (exact) mass is 529 g/mol. The lowest BCUT2D eigenvalue weighted by Gasteiger charge is -2.27. The van der Waals surface area contributed by atoms with E-state index < -0.39 is 35.7 Å². The molecule has 5 rings (SSSR count). The average molecular weight is 530 g/mol. The number of pyridine rings is 1. The van der Waals surface area contributed by atoms with Gasteiger partial charge in [0.1, 0.15) is 23.2 Å². The second-order valence-electron chi connectivity index (χ2n) is 9.83. The van der Waals surface area contributed by atoms with Crippen LogP contribution in [-0.4, -0.2) is 50.0 Å². The number of nitrogens with one attached hydrogen (secondary N) is 2. The normalized spacial score (nSPS) is 16.8. The van der Waals surface area contributed by atoms with Gasteiger partial charge >= 0.3 is 0 Å². The molecule has 11 nitrogen and oxygen atoms in total. The molecule has 2 unspecified atom stereocenters. The minimum Gasteiger partial charge on any atom is -0.481 e. The predicted octanol–water partition coefficient (Wildman–Crippen LogP) is 3.29. The number of halogens is 2. The van der Waals surface area contributed by atoms with E-state index in [-0.39, 0.29) is 28.7 Å². The first-order valence-corrected chi connectivity index (χ1v) is 12.7. The molecule has 0 spiro atoms. The van der Waals surface area contributed by atoms with Crippen molar-refractivity contribution in [2.45, 2.75) is 58.0 Å². The van der Waals surface area contributed by atoms with Crippen molar-refractivity contribution in [2.24, 2.45) is 17.8 Å². The number of aryl methyl sites for hydroxylation is 1. The number of rotatable bonds is 11. The van der Waals surface area contributed by atoms with Crippen LogP contribution < -0.4 is 15.4 Å². The first kappa shape index (κ1) is 25.7. The van der Waals surface area contributed by atoms with E-state index in [4.69, 9.17) is 9.37 Å². The average Bonchev–Trinajstić information content (AvgIpc) is 3.84. The van der Waals surface area contributed by atoms with Crippen LogP contribution in [0.4, 0.5) is 14.5 Å². The number of nitrogens with zero attached hydrogens (tertiary/aromatic N) is 5. The van der Waals surface area contributed by atoms with E-state index in [0.29, 0.717) is 24.0 Å². The van der Waals surface area contributed by atoms with Gasteiger partial charge < -0.3 is 15.4 Å². The summed E-state index contributed by atoms with van der Waals surface area (Å²) in [6.45, 7) is 3.42. The van der Waals surface area contributed by atoms with Crippen molar-refractivity contribution in [1.82, 2.24) is 30.4 Å². The zero-order valence-electron chi connectivity index (χ0n) is 21.3. The summed E-state index contributed by atoms with van der Waals surface area (Å²) in [6.07, 6.45) is 6.51. The molecule has 13 heteroatoms. The first-order valence-electron chi connectivity index (χ1n) is 12.7. The van der Waals surface area contributed by atoms with E-state index in [9.17, 15) is 14.0 Å². The fourth-order valence-corrected chi connectivity index (χ4v) is 5.00. The molecule has 2 N–H and O–H groups in total. The Morgan fingerprint density at radius 2 is 1.89 bits per heavy atom. The zero-order valence-corrected chi connectivity index (χ0v) is 21.3. The molecule has 2 amide bonds. The van der Waals surface area contributed by atoms with Crippen molar-refractivity contribution in [3.05, 3.63) is 47.2 Å². The Hall–Kier alpha value is -3.90. The fraction of sp³-hybridized carbons (Fsp3) is 0.520. The zero-order chi connectivity index (χ0) is 27.0. The highest BCUT2D eigenvalue weighted by atomic mass is 19.1. The van der Waals surface area contributed by atoms with E-state index in [0.717, 1.165) is 36.6 Å². The highest BCUT2D eigenvalue weighted by Crippen LogP contribution is 2.51. The Labute approximate surface area is 217 Å². The molecule has 0 saturated heterocycles. The molecule has 0 radical (unpaired) electrons. The van der Waals surface area contributed by atoms with Gasteiger partial charge in [-0.3, -0.25) is 9.59 Å². The van der Waals surface area contributed by atoms with Gasteiger partial charge in [0.05, 0.1) is 25.5 Å². The van der Waals surface area contributed by atoms with Gasteiger partial charge in [0, 0.05) is 5.56 Å². The third kappa shape index (κ3) is 5.09. The second-order valence-corrected chi connectivity index (χ2v) is 9.83. The van der Waals surface area contributed by atoms with E-state index in [2.05, 4.69) is 31.0 Å². The SMILES string of the molecule is CCc1nonc1C(=O)NC(C(=O)Nc1cnn(C(C)c2cc(F)cnc2OC)c1F)C(C1CC1)C1CC1. The molecule has 0 bridgehead atoms. The molecule has 0 aliphatic heterocycles. The molecule has 3 heterocycles. The summed E-state index contributed by atoms with van der Waals surface area (Å²) in [5, 5.41) is 17.0. The summed E-state index contributed by atoms with van der Waals surface area (Å²) >= 11 is 0. The van der Waals surface area contributed by atoms with Crippen LogP contribution in [0.15, 0.2) is 23.1 Å². The Bertz CT molecular complexity index is 1320. The van der Waals surface area contributed by atoms with Crippen molar-refractivity contribution >= 4 is 17.5 Å². The number of carbonyl (C=O) groups excluding carboxylic acids is 2. The maximum absolute atomic E-state index is 15.5. The number of anilines is 1. The Kier molecular flexibility index (Phi) is 7.09. The molecule has 2 saturated carbocycles. The van der Waals surface area contributed by atoms with Gasteiger partial charge in [-0.25, -0.2) is 18.7 Å². The maximum Gasteiger partial charge on any atom is 0.276 e. The molecule has 0 aromatic carbocycles. The molecule has 3 aromatic rings. The molecule has 2 aliphatic carbocycles. The van der Waals surface area contributed by atoms with E-state index in [1.807, 2.05) is 6.92 Å². The van der Waals surface area contributed by atoms with Crippen LogP contribution in [0.3, 0.4) is 0 Å². The standard InChI is InChI=1S/C25H29F2N7O4/c1-4-17-20(33-38-32-17)23(35)31-21(19(13-5-6-13)14-7-8-14)24(36)30-18-11-29-34(22(18)27)12(2)16-9-15(26)10-28-25(16)37-3/h9-14,19,21H,4-8H2,1-3H3,(H,30,36)(H,31,35). The molecular formula is C25H29F2N7O4. The van der Waals surface area contributed by atoms with Crippen LogP contribution in [0.1, 0.15) is 67.3 Å². The van der Waals surface area contributed by atoms with E-state index >= 15 is 4.39 Å². The van der Waals surface area contributed by atoms with Gasteiger partial charge in [-0.15, -0.1) is 0 Å². The number of hydrogen-bond acceptors (Lipinski definition) is 8. The van der Waals surface area contributed by atoms with Crippen LogP contribution in [0, 0.1) is 29.5 Å². The number of hydrogen-bond donors (Lipinski definition) is 2. The Morgan fingerprint density at radius 1 is 1.18 bits per heavy atom. The van der Waals surface area contributed by atoms with E-state index in [1.165, 1.54) is 19.4 Å². The molecule has 2 aliphatic rings. The number of ether oxygens (including phenoxy) is 1. The summed E-state index contributed by atoms with van der Waals surface area (Å²) in [7, 11) is 1.38. The lowest BCUT2D eigenvalue weighted by Crippen LogP contribution is -2.50. The van der Waals surface area contributed by atoms with Crippen molar-refractivity contribution in [1.29, 1.82) is 0 Å². The van der Waals surface area contributed by atoms with Gasteiger partial charge in [0.2, 0.25) is 17.7 Å². The summed E-state index contributed by atoms with van der Waals surface area (Å²) in [4.78, 5) is 30.5. The molecule has 2 fully saturated rings. The molecule has 38 heavy (non-hydrogen) atoms. The summed E-state index contributed by atoms with van der Waals surface area (Å²) < 4.78 is 40.2. The highest BCUT2D eigenvalue weighted by Gasteiger charge is 2.48. The molecule has 3 aromatic heterocycles. The van der Waals surface area contributed by atoms with Gasteiger partial charge in [-0.2, -0.15) is 9.49 Å². The minimum atomic E-state index is -0.906. The smallest absolute Gasteiger partial charge is 0.276 e. The summed E-state index contributed by atoms with van der Waals surface area (Å²) in [5.41, 5.74) is 0.542. The van der Waals surface area contributed by atoms with Crippen LogP contribution in [0.5, 0.6) is 5.88 Å². The number of methoxy groups -OCH3 is 1. The largest absolute Gasteiger partial charge is 0.481 e. The van der Waals surface area contributed by atoms with Crippen LogP contribution in [0.2, 0.25) is 0 Å². The molecule has 2 atom stereocenters. The predicted molar refractivity (Wildman–Crippen MR) is 129 cm³/mol. The van der Waals surface area contributed by atoms with Crippen molar-refractivity contribution in [3.8, 4) is 5.88 Å². The van der Waals surface area contributed by atoms with Crippen LogP contribution in [-0.2, 0) is 11.2 Å². The van der Waals surface area contributed by atoms with Crippen LogP contribution >= 0.6 is 0 Å². The van der Waals surface area contributed by atoms with Gasteiger partial charge in [0.25, 0.3) is 5.91 Å². The quantitative estimate of drug-likeness (QED) is 0.386. The number of carbonyl (C=O) groups is 2. The Morgan fingerprint density at radius 3 is 2.53 bits per heavy atom. The third-order valence-corrected chi connectivity index (χ3v) is 7.24. The number of amides is 2. The first-order chi connectivity index (χ1) is 18.3. The van der Waals surface area contributed by atoms with Crippen LogP contribution in [0.25, 0.3) is 0 Å².